The molecule has 0 aliphatic carbocycles. The van der Waals surface area contributed by atoms with Gasteiger partial charge in [0.25, 0.3) is 5.69 Å². The van der Waals surface area contributed by atoms with Crippen LogP contribution in [-0.4, -0.2) is 12.0 Å². The maximum Gasteiger partial charge on any atom is 0.273 e. The Bertz CT molecular complexity index is 674. The number of rotatable bonds is 5. The predicted molar refractivity (Wildman–Crippen MR) is 83.2 cm³/mol. The number of anilines is 1. The maximum atomic E-state index is 10.9. The van der Waals surface area contributed by atoms with Crippen molar-refractivity contribution in [2.75, 3.05) is 12.4 Å². The van der Waals surface area contributed by atoms with Gasteiger partial charge in [-0.05, 0) is 36.2 Å². The number of nitrogens with zero attached hydrogens (tertiary/aromatic N) is 1. The maximum absolute atomic E-state index is 10.9. The van der Waals surface area contributed by atoms with Crippen LogP contribution in [0.1, 0.15) is 11.1 Å². The molecule has 0 aliphatic rings. The summed E-state index contributed by atoms with van der Waals surface area (Å²) in [5.41, 5.74) is 2.61. The van der Waals surface area contributed by atoms with Crippen molar-refractivity contribution >= 4 is 23.0 Å². The summed E-state index contributed by atoms with van der Waals surface area (Å²) in [7, 11) is 1.48. The number of nitro benzene ring substituents is 1. The molecule has 0 aliphatic heterocycles. The molecule has 0 heterocycles. The summed E-state index contributed by atoms with van der Waals surface area (Å²) in [5, 5.41) is 14.7. The highest BCUT2D eigenvalue weighted by molar-refractivity contribution is 6.33. The Morgan fingerprint density at radius 2 is 2.05 bits per heavy atom. The molecule has 5 nitrogen and oxygen atoms in total. The number of halogens is 1. The van der Waals surface area contributed by atoms with E-state index in [0.29, 0.717) is 17.3 Å². The lowest BCUT2D eigenvalue weighted by atomic mass is 10.1. The number of nitrogens with one attached hydrogen (secondary N) is 1. The van der Waals surface area contributed by atoms with Gasteiger partial charge in [-0.1, -0.05) is 17.7 Å². The molecule has 2 rings (SSSR count). The second-order valence-electron chi connectivity index (χ2n) is 4.63. The minimum absolute atomic E-state index is 0.00107. The van der Waals surface area contributed by atoms with Crippen LogP contribution in [0, 0.1) is 17.0 Å². The minimum atomic E-state index is -0.440. The van der Waals surface area contributed by atoms with Crippen LogP contribution < -0.4 is 10.1 Å². The first-order valence-electron chi connectivity index (χ1n) is 6.32. The van der Waals surface area contributed by atoms with E-state index in [0.717, 1.165) is 16.8 Å². The number of hydrogen-bond acceptors (Lipinski definition) is 4. The van der Waals surface area contributed by atoms with Crippen LogP contribution in [0.15, 0.2) is 36.4 Å². The number of methoxy groups -OCH3 is 1. The monoisotopic (exact) mass is 306 g/mol. The molecular formula is C15H15ClN2O3. The topological polar surface area (TPSA) is 64.4 Å². The van der Waals surface area contributed by atoms with Crippen molar-refractivity contribution in [2.45, 2.75) is 13.5 Å². The summed E-state index contributed by atoms with van der Waals surface area (Å²) in [6.45, 7) is 2.38. The molecule has 2 aromatic rings. The summed E-state index contributed by atoms with van der Waals surface area (Å²) < 4.78 is 5.08. The number of aryl methyl sites for hydroxylation is 1. The smallest absolute Gasteiger partial charge is 0.273 e. The van der Waals surface area contributed by atoms with E-state index < -0.39 is 4.92 Å². The van der Waals surface area contributed by atoms with E-state index in [1.807, 2.05) is 25.1 Å². The van der Waals surface area contributed by atoms with Gasteiger partial charge in [-0.2, -0.15) is 0 Å². The van der Waals surface area contributed by atoms with Crippen LogP contribution in [0.3, 0.4) is 0 Å². The number of benzene rings is 2. The molecule has 0 saturated heterocycles. The summed E-state index contributed by atoms with van der Waals surface area (Å²) in [6, 6.07) is 10.3. The quantitative estimate of drug-likeness (QED) is 0.665. The van der Waals surface area contributed by atoms with Crippen LogP contribution in [-0.2, 0) is 6.54 Å². The zero-order valence-electron chi connectivity index (χ0n) is 11.7. The molecule has 0 saturated carbocycles. The zero-order chi connectivity index (χ0) is 15.4. The molecule has 0 bridgehead atoms. The lowest BCUT2D eigenvalue weighted by molar-refractivity contribution is -0.385. The van der Waals surface area contributed by atoms with E-state index in [1.165, 1.54) is 19.2 Å². The highest BCUT2D eigenvalue weighted by Gasteiger charge is 2.10. The molecule has 1 N–H and O–H groups in total. The highest BCUT2D eigenvalue weighted by atomic mass is 35.5. The fourth-order valence-corrected chi connectivity index (χ4v) is 2.23. The highest BCUT2D eigenvalue weighted by Crippen LogP contribution is 2.26. The van der Waals surface area contributed by atoms with Gasteiger partial charge in [0.05, 0.1) is 28.8 Å². The molecule has 0 fully saturated rings. The van der Waals surface area contributed by atoms with Crippen molar-refractivity contribution in [1.82, 2.24) is 0 Å². The van der Waals surface area contributed by atoms with Gasteiger partial charge in [0, 0.05) is 12.6 Å². The third-order valence-corrected chi connectivity index (χ3v) is 3.32. The van der Waals surface area contributed by atoms with Gasteiger partial charge in [-0.25, -0.2) is 0 Å². The van der Waals surface area contributed by atoms with Gasteiger partial charge in [0.1, 0.15) is 5.75 Å². The molecule has 0 aromatic heterocycles. The molecule has 110 valence electrons. The lowest BCUT2D eigenvalue weighted by Gasteiger charge is -2.10. The Balaban J connectivity index is 2.19. The Labute approximate surface area is 127 Å². The second-order valence-corrected chi connectivity index (χ2v) is 5.04. The molecule has 6 heteroatoms. The Kier molecular flexibility index (Phi) is 4.65. The molecule has 2 aromatic carbocycles. The van der Waals surface area contributed by atoms with Gasteiger partial charge < -0.3 is 10.1 Å². The first-order chi connectivity index (χ1) is 9.99. The third-order valence-electron chi connectivity index (χ3n) is 3.01. The first-order valence-corrected chi connectivity index (χ1v) is 6.70. The minimum Gasteiger partial charge on any atom is -0.496 e. The van der Waals surface area contributed by atoms with E-state index >= 15 is 0 Å². The van der Waals surface area contributed by atoms with E-state index in [9.17, 15) is 10.1 Å². The SMILES string of the molecule is COc1cc(CNc2ccc(C)cc2Cl)cc([N+](=O)[O-])c1. The van der Waals surface area contributed by atoms with Crippen molar-refractivity contribution in [2.24, 2.45) is 0 Å². The number of ether oxygens (including phenoxy) is 1. The normalized spacial score (nSPS) is 10.2. The summed E-state index contributed by atoms with van der Waals surface area (Å²) in [6.07, 6.45) is 0. The molecule has 0 unspecified atom stereocenters. The zero-order valence-corrected chi connectivity index (χ0v) is 12.5. The van der Waals surface area contributed by atoms with Crippen LogP contribution >= 0.6 is 11.6 Å². The van der Waals surface area contributed by atoms with Crippen LogP contribution in [0.25, 0.3) is 0 Å². The number of nitro groups is 1. The van der Waals surface area contributed by atoms with Crippen LogP contribution in [0.4, 0.5) is 11.4 Å². The molecule has 0 spiro atoms. The lowest BCUT2D eigenvalue weighted by Crippen LogP contribution is -2.01. The van der Waals surface area contributed by atoms with Crippen molar-refractivity contribution < 1.29 is 9.66 Å². The summed E-state index contributed by atoms with van der Waals surface area (Å²) in [4.78, 5) is 10.5. The Morgan fingerprint density at radius 3 is 2.67 bits per heavy atom. The van der Waals surface area contributed by atoms with Gasteiger partial charge in [0.2, 0.25) is 0 Å². The van der Waals surface area contributed by atoms with Gasteiger partial charge in [-0.3, -0.25) is 10.1 Å². The van der Waals surface area contributed by atoms with Crippen molar-refractivity contribution in [3.05, 3.63) is 62.7 Å². The van der Waals surface area contributed by atoms with Gasteiger partial charge in [0.15, 0.2) is 0 Å². The average Bonchev–Trinajstić information content (AvgIpc) is 2.46. The molecule has 0 amide bonds. The number of hydrogen-bond donors (Lipinski definition) is 1. The van der Waals surface area contributed by atoms with E-state index in [4.69, 9.17) is 16.3 Å². The third kappa shape index (κ3) is 3.86. The predicted octanol–water partition coefficient (Wildman–Crippen LogP) is 4.18. The second kappa shape index (κ2) is 6.45. The largest absolute Gasteiger partial charge is 0.496 e. The van der Waals surface area contributed by atoms with Crippen molar-refractivity contribution in [1.29, 1.82) is 0 Å². The molecular weight excluding hydrogens is 292 g/mol. The van der Waals surface area contributed by atoms with Crippen molar-refractivity contribution in [3.63, 3.8) is 0 Å². The molecule has 0 atom stereocenters. The van der Waals surface area contributed by atoms with Gasteiger partial charge in [-0.15, -0.1) is 0 Å². The fraction of sp³-hybridized carbons (Fsp3) is 0.200. The van der Waals surface area contributed by atoms with E-state index in [1.54, 1.807) is 6.07 Å². The fourth-order valence-electron chi connectivity index (χ4n) is 1.93. The Hall–Kier alpha value is -2.27. The first kappa shape index (κ1) is 15.1. The summed E-state index contributed by atoms with van der Waals surface area (Å²) >= 11 is 6.14. The summed E-state index contributed by atoms with van der Waals surface area (Å²) in [5.74, 6) is 0.455. The van der Waals surface area contributed by atoms with Gasteiger partial charge >= 0.3 is 0 Å². The molecule has 21 heavy (non-hydrogen) atoms. The number of non-ortho nitro benzene ring substituents is 1. The average molecular weight is 307 g/mol. The van der Waals surface area contributed by atoms with E-state index in [-0.39, 0.29) is 5.69 Å². The standard InChI is InChI=1S/C15H15ClN2O3/c1-10-3-4-15(14(16)5-10)17-9-11-6-12(18(19)20)8-13(7-11)21-2/h3-8,17H,9H2,1-2H3. The van der Waals surface area contributed by atoms with Crippen LogP contribution in [0.2, 0.25) is 5.02 Å². The van der Waals surface area contributed by atoms with Crippen molar-refractivity contribution in [3.8, 4) is 5.75 Å². The molecule has 0 radical (unpaired) electrons. The van der Waals surface area contributed by atoms with E-state index in [2.05, 4.69) is 5.32 Å². The Morgan fingerprint density at radius 1 is 1.29 bits per heavy atom. The van der Waals surface area contributed by atoms with Crippen LogP contribution in [0.5, 0.6) is 5.75 Å².